The van der Waals surface area contributed by atoms with Gasteiger partial charge in [0, 0.05) is 25.2 Å². The van der Waals surface area contributed by atoms with Crippen LogP contribution in [0.1, 0.15) is 17.5 Å². The predicted octanol–water partition coefficient (Wildman–Crippen LogP) is 3.23. The summed E-state index contributed by atoms with van der Waals surface area (Å²) >= 11 is 0. The maximum absolute atomic E-state index is 9.36. The fourth-order valence-corrected chi connectivity index (χ4v) is 2.93. The first-order chi connectivity index (χ1) is 11.3. The van der Waals surface area contributed by atoms with Crippen molar-refractivity contribution in [2.45, 2.75) is 19.4 Å². The maximum Gasteiger partial charge on any atom is 0.165 e. The molecular weight excluding hydrogens is 290 g/mol. The van der Waals surface area contributed by atoms with Crippen molar-refractivity contribution in [3.8, 4) is 17.2 Å². The molecule has 0 fully saturated rings. The molecule has 3 rings (SSSR count). The van der Waals surface area contributed by atoms with Gasteiger partial charge in [-0.05, 0) is 36.6 Å². The van der Waals surface area contributed by atoms with Crippen molar-refractivity contribution >= 4 is 0 Å². The molecule has 122 valence electrons. The lowest BCUT2D eigenvalue weighted by Gasteiger charge is -2.27. The molecule has 1 N–H and O–H groups in total. The second-order valence-corrected chi connectivity index (χ2v) is 5.84. The fourth-order valence-electron chi connectivity index (χ4n) is 2.93. The number of para-hydroxylation sites is 1. The normalized spacial score (nSPS) is 15.2. The number of hydrogen-bond donors (Lipinski definition) is 1. The first-order valence-electron chi connectivity index (χ1n) is 8.05. The van der Waals surface area contributed by atoms with E-state index in [-0.39, 0.29) is 0 Å². The highest BCUT2D eigenvalue weighted by Crippen LogP contribution is 2.33. The van der Waals surface area contributed by atoms with Gasteiger partial charge in [0.15, 0.2) is 11.5 Å². The lowest BCUT2D eigenvalue weighted by Crippen LogP contribution is -2.29. The average Bonchev–Trinajstić information content (AvgIpc) is 2.55. The Balaban J connectivity index is 1.69. The smallest absolute Gasteiger partial charge is 0.165 e. The minimum Gasteiger partial charge on any atom is -0.508 e. The van der Waals surface area contributed by atoms with Gasteiger partial charge in [-0.3, -0.25) is 4.90 Å². The molecular formula is C19H23NO3. The van der Waals surface area contributed by atoms with E-state index in [1.165, 1.54) is 11.1 Å². The van der Waals surface area contributed by atoms with Crippen molar-refractivity contribution in [3.05, 3.63) is 53.6 Å². The van der Waals surface area contributed by atoms with Crippen molar-refractivity contribution in [2.24, 2.45) is 0 Å². The van der Waals surface area contributed by atoms with Crippen LogP contribution in [0.5, 0.6) is 17.2 Å². The minimum atomic E-state index is 0.318. The van der Waals surface area contributed by atoms with Gasteiger partial charge in [0.25, 0.3) is 0 Å². The van der Waals surface area contributed by atoms with Crippen molar-refractivity contribution in [3.63, 3.8) is 0 Å². The molecule has 1 aliphatic heterocycles. The Bertz CT molecular complexity index is 640. The zero-order valence-electron chi connectivity index (χ0n) is 13.5. The number of phenols is 1. The molecule has 2 aromatic carbocycles. The third-order valence-corrected chi connectivity index (χ3v) is 4.19. The first kappa shape index (κ1) is 15.7. The number of ether oxygens (including phenoxy) is 2. The molecule has 1 aliphatic rings. The average molecular weight is 313 g/mol. The van der Waals surface area contributed by atoms with Crippen LogP contribution in [0.4, 0.5) is 0 Å². The Morgan fingerprint density at radius 3 is 2.78 bits per heavy atom. The van der Waals surface area contributed by atoms with E-state index in [0.29, 0.717) is 12.4 Å². The van der Waals surface area contributed by atoms with Crippen LogP contribution in [0.15, 0.2) is 42.5 Å². The minimum absolute atomic E-state index is 0.318. The number of methoxy groups -OCH3 is 1. The molecule has 0 atom stereocenters. The van der Waals surface area contributed by atoms with E-state index in [9.17, 15) is 5.11 Å². The van der Waals surface area contributed by atoms with E-state index in [4.69, 9.17) is 9.47 Å². The van der Waals surface area contributed by atoms with Gasteiger partial charge in [0.2, 0.25) is 0 Å². The fraction of sp³-hybridized carbons (Fsp3) is 0.368. The highest BCUT2D eigenvalue weighted by atomic mass is 16.5. The summed E-state index contributed by atoms with van der Waals surface area (Å²) in [6.45, 7) is 3.59. The molecule has 0 saturated carbocycles. The zero-order valence-corrected chi connectivity index (χ0v) is 13.5. The summed E-state index contributed by atoms with van der Waals surface area (Å²) in [5, 5.41) is 9.36. The molecule has 1 heterocycles. The van der Waals surface area contributed by atoms with Gasteiger partial charge in [-0.15, -0.1) is 0 Å². The summed E-state index contributed by atoms with van der Waals surface area (Å²) in [6, 6.07) is 13.5. The molecule has 0 spiro atoms. The summed E-state index contributed by atoms with van der Waals surface area (Å²) in [5.74, 6) is 2.00. The van der Waals surface area contributed by atoms with E-state index >= 15 is 0 Å². The molecule has 0 aliphatic carbocycles. The van der Waals surface area contributed by atoms with Gasteiger partial charge >= 0.3 is 0 Å². The third-order valence-electron chi connectivity index (χ3n) is 4.19. The molecule has 23 heavy (non-hydrogen) atoms. The number of rotatable bonds is 4. The first-order valence-corrected chi connectivity index (χ1v) is 8.05. The molecule has 4 nitrogen and oxygen atoms in total. The monoisotopic (exact) mass is 313 g/mol. The quantitative estimate of drug-likeness (QED) is 0.941. The van der Waals surface area contributed by atoms with E-state index in [1.54, 1.807) is 19.2 Å². The van der Waals surface area contributed by atoms with Crippen LogP contribution in [0.2, 0.25) is 0 Å². The van der Waals surface area contributed by atoms with Gasteiger partial charge in [-0.1, -0.05) is 24.3 Å². The van der Waals surface area contributed by atoms with E-state index in [1.807, 2.05) is 24.3 Å². The van der Waals surface area contributed by atoms with Crippen molar-refractivity contribution < 1.29 is 14.6 Å². The van der Waals surface area contributed by atoms with Gasteiger partial charge in [-0.2, -0.15) is 0 Å². The molecule has 0 amide bonds. The highest BCUT2D eigenvalue weighted by Gasteiger charge is 2.17. The van der Waals surface area contributed by atoms with Crippen LogP contribution in [-0.4, -0.2) is 36.8 Å². The SMILES string of the molecule is COc1cccc2c1OCCCN(CCc1ccc(O)cc1)C2. The lowest BCUT2D eigenvalue weighted by molar-refractivity contribution is 0.202. The van der Waals surface area contributed by atoms with E-state index in [0.717, 1.165) is 44.0 Å². The van der Waals surface area contributed by atoms with Crippen LogP contribution in [0.25, 0.3) is 0 Å². The van der Waals surface area contributed by atoms with Crippen molar-refractivity contribution in [1.82, 2.24) is 4.90 Å². The topological polar surface area (TPSA) is 41.9 Å². The van der Waals surface area contributed by atoms with Gasteiger partial charge in [0.1, 0.15) is 5.75 Å². The Labute approximate surface area is 137 Å². The molecule has 2 aromatic rings. The molecule has 0 radical (unpaired) electrons. The lowest BCUT2D eigenvalue weighted by atomic mass is 10.1. The van der Waals surface area contributed by atoms with Crippen molar-refractivity contribution in [2.75, 3.05) is 26.8 Å². The second-order valence-electron chi connectivity index (χ2n) is 5.84. The molecule has 0 saturated heterocycles. The molecule has 0 aromatic heterocycles. The van der Waals surface area contributed by atoms with Crippen LogP contribution in [0.3, 0.4) is 0 Å². The molecule has 0 unspecified atom stereocenters. The number of hydrogen-bond acceptors (Lipinski definition) is 4. The standard InChI is InChI=1S/C19H23NO3/c1-22-18-5-2-4-16-14-20(11-3-13-23-19(16)18)12-10-15-6-8-17(21)9-7-15/h2,4-9,21H,3,10-14H2,1H3. The summed E-state index contributed by atoms with van der Waals surface area (Å²) in [5.41, 5.74) is 2.42. The second kappa shape index (κ2) is 7.38. The molecule has 0 bridgehead atoms. The van der Waals surface area contributed by atoms with Gasteiger partial charge in [0.05, 0.1) is 13.7 Å². The summed E-state index contributed by atoms with van der Waals surface area (Å²) < 4.78 is 11.3. The number of nitrogens with zero attached hydrogens (tertiary/aromatic N) is 1. The zero-order chi connectivity index (χ0) is 16.1. The number of fused-ring (bicyclic) bond motifs is 1. The van der Waals surface area contributed by atoms with Gasteiger partial charge in [-0.25, -0.2) is 0 Å². The molecule has 4 heteroatoms. The third kappa shape index (κ3) is 3.96. The van der Waals surface area contributed by atoms with Crippen LogP contribution < -0.4 is 9.47 Å². The summed E-state index contributed by atoms with van der Waals surface area (Å²) in [7, 11) is 1.68. The Morgan fingerprint density at radius 2 is 2.00 bits per heavy atom. The highest BCUT2D eigenvalue weighted by molar-refractivity contribution is 5.46. The Morgan fingerprint density at radius 1 is 1.17 bits per heavy atom. The summed E-state index contributed by atoms with van der Waals surface area (Å²) in [4.78, 5) is 2.45. The van der Waals surface area contributed by atoms with E-state index < -0.39 is 0 Å². The van der Waals surface area contributed by atoms with Crippen molar-refractivity contribution in [1.29, 1.82) is 0 Å². The summed E-state index contributed by atoms with van der Waals surface area (Å²) in [6.07, 6.45) is 1.98. The van der Waals surface area contributed by atoms with Crippen LogP contribution in [-0.2, 0) is 13.0 Å². The van der Waals surface area contributed by atoms with Gasteiger partial charge < -0.3 is 14.6 Å². The Hall–Kier alpha value is -2.20. The maximum atomic E-state index is 9.36. The number of aromatic hydroxyl groups is 1. The van der Waals surface area contributed by atoms with Crippen LogP contribution >= 0.6 is 0 Å². The largest absolute Gasteiger partial charge is 0.508 e. The number of phenolic OH excluding ortho intramolecular Hbond substituents is 1. The predicted molar refractivity (Wildman–Crippen MR) is 90.2 cm³/mol. The Kier molecular flexibility index (Phi) is 5.03. The number of benzene rings is 2. The van der Waals surface area contributed by atoms with E-state index in [2.05, 4.69) is 11.0 Å². The van der Waals surface area contributed by atoms with Crippen LogP contribution in [0, 0.1) is 0 Å².